The third kappa shape index (κ3) is 4.19. The summed E-state index contributed by atoms with van der Waals surface area (Å²) in [6.45, 7) is 11.1. The van der Waals surface area contributed by atoms with Crippen molar-refractivity contribution < 1.29 is 14.2 Å². The van der Waals surface area contributed by atoms with Crippen LogP contribution in [0.25, 0.3) is 0 Å². The molecule has 4 heteroatoms. The molecular weight excluding hydrogens is 416 g/mol. The molecule has 4 fully saturated rings. The Morgan fingerprint density at radius 2 is 1.72 bits per heavy atom. The molecule has 1 spiro atoms. The highest BCUT2D eigenvalue weighted by molar-refractivity contribution is 7.99. The molecular formula is C28H42O3S. The fourth-order valence-electron chi connectivity index (χ4n) is 7.56. The highest BCUT2D eigenvalue weighted by Crippen LogP contribution is 2.59. The topological polar surface area (TPSA) is 27.7 Å². The van der Waals surface area contributed by atoms with Gasteiger partial charge in [0.2, 0.25) is 0 Å². The third-order valence-electron chi connectivity index (χ3n) is 9.50. The van der Waals surface area contributed by atoms with E-state index >= 15 is 0 Å². The summed E-state index contributed by atoms with van der Waals surface area (Å²) < 4.78 is 19.5. The first-order chi connectivity index (χ1) is 15.3. The first kappa shape index (κ1) is 23.2. The molecule has 7 atom stereocenters. The van der Waals surface area contributed by atoms with Gasteiger partial charge in [-0.05, 0) is 81.8 Å². The second kappa shape index (κ2) is 8.91. The molecule has 0 aromatic heterocycles. The second-order valence-corrected chi connectivity index (χ2v) is 12.7. The van der Waals surface area contributed by atoms with Crippen molar-refractivity contribution in [3.05, 3.63) is 30.3 Å². The van der Waals surface area contributed by atoms with E-state index in [2.05, 4.69) is 58.0 Å². The van der Waals surface area contributed by atoms with Crippen molar-refractivity contribution in [3.63, 3.8) is 0 Å². The standard InChI is InChI=1S/C28H42O3S/c1-20-10-12-25(28(18-20)29-16-17-30-28)22(19-32-23-8-6-5-7-9-23)11-13-24-21(2)26(3)14-15-27(24,4)31-26/h5-9,20-22,24-25H,10-19H2,1-4H3/t20-,21-,22-,24-,25+,26+,27-/m1/s1. The molecule has 1 aliphatic carbocycles. The summed E-state index contributed by atoms with van der Waals surface area (Å²) in [5.41, 5.74) is 0.164. The number of hydrogen-bond acceptors (Lipinski definition) is 4. The number of fused-ring (bicyclic) bond motifs is 2. The summed E-state index contributed by atoms with van der Waals surface area (Å²) in [5.74, 6) is 3.89. The van der Waals surface area contributed by atoms with E-state index in [1.807, 2.05) is 11.8 Å². The van der Waals surface area contributed by atoms with E-state index in [1.165, 1.54) is 43.4 Å². The van der Waals surface area contributed by atoms with Crippen molar-refractivity contribution in [2.75, 3.05) is 19.0 Å². The zero-order chi connectivity index (χ0) is 22.4. The van der Waals surface area contributed by atoms with Gasteiger partial charge in [-0.15, -0.1) is 11.8 Å². The number of benzene rings is 1. The predicted octanol–water partition coefficient (Wildman–Crippen LogP) is 6.95. The van der Waals surface area contributed by atoms with E-state index < -0.39 is 0 Å². The summed E-state index contributed by atoms with van der Waals surface area (Å²) in [5, 5.41) is 0. The lowest BCUT2D eigenvalue weighted by molar-refractivity contribution is -0.231. The van der Waals surface area contributed by atoms with Crippen LogP contribution in [0.1, 0.15) is 72.6 Å². The zero-order valence-electron chi connectivity index (χ0n) is 20.5. The minimum absolute atomic E-state index is 0.0738. The summed E-state index contributed by atoms with van der Waals surface area (Å²) >= 11 is 2.02. The van der Waals surface area contributed by atoms with Crippen LogP contribution in [0.5, 0.6) is 0 Å². The summed E-state index contributed by atoms with van der Waals surface area (Å²) in [6, 6.07) is 10.9. The maximum absolute atomic E-state index is 6.63. The van der Waals surface area contributed by atoms with Gasteiger partial charge < -0.3 is 14.2 Å². The maximum Gasteiger partial charge on any atom is 0.171 e. The SMILES string of the molecule is C[C@@H]1CC[C@@H]([C@H](CC[C@@H]2[C@@H](C)[C@]3(C)CC[C@@]2(C)O3)CSc2ccccc2)C2(C1)OCCO2. The smallest absolute Gasteiger partial charge is 0.171 e. The van der Waals surface area contributed by atoms with Gasteiger partial charge in [-0.3, -0.25) is 0 Å². The fraction of sp³-hybridized carbons (Fsp3) is 0.786. The van der Waals surface area contributed by atoms with Crippen molar-refractivity contribution >= 4 is 11.8 Å². The fourth-order valence-corrected chi connectivity index (χ4v) is 8.71. The van der Waals surface area contributed by atoms with Crippen molar-refractivity contribution in [1.82, 2.24) is 0 Å². The first-order valence-electron chi connectivity index (χ1n) is 13.0. The Balaban J connectivity index is 1.34. The molecule has 1 aromatic rings. The van der Waals surface area contributed by atoms with Crippen molar-refractivity contribution in [2.24, 2.45) is 29.6 Å². The van der Waals surface area contributed by atoms with Gasteiger partial charge in [-0.1, -0.05) is 38.5 Å². The van der Waals surface area contributed by atoms with Gasteiger partial charge in [0.1, 0.15) is 0 Å². The van der Waals surface area contributed by atoms with Crippen LogP contribution in [0.4, 0.5) is 0 Å². The average Bonchev–Trinajstić information content (AvgIpc) is 3.41. The Bertz CT molecular complexity index is 778. The predicted molar refractivity (Wildman–Crippen MR) is 131 cm³/mol. The number of thioether (sulfide) groups is 1. The number of rotatable bonds is 7. The summed E-state index contributed by atoms with van der Waals surface area (Å²) in [7, 11) is 0. The molecule has 1 saturated carbocycles. The van der Waals surface area contributed by atoms with Crippen LogP contribution < -0.4 is 0 Å². The Kier molecular flexibility index (Phi) is 6.46. The Morgan fingerprint density at radius 3 is 2.41 bits per heavy atom. The molecule has 5 rings (SSSR count). The normalized spacial score (nSPS) is 41.4. The zero-order valence-corrected chi connectivity index (χ0v) is 21.3. The van der Waals surface area contributed by atoms with Gasteiger partial charge in [0.25, 0.3) is 0 Å². The average molecular weight is 459 g/mol. The van der Waals surface area contributed by atoms with Gasteiger partial charge in [0.05, 0.1) is 24.4 Å². The summed E-state index contributed by atoms with van der Waals surface area (Å²) in [4.78, 5) is 1.38. The highest BCUT2D eigenvalue weighted by Gasteiger charge is 2.61. The van der Waals surface area contributed by atoms with Gasteiger partial charge in [-0.2, -0.15) is 0 Å². The minimum atomic E-state index is -0.341. The lowest BCUT2D eigenvalue weighted by atomic mass is 9.65. The lowest BCUT2D eigenvalue weighted by Gasteiger charge is -2.46. The summed E-state index contributed by atoms with van der Waals surface area (Å²) in [6.07, 6.45) is 8.53. The molecule has 0 amide bonds. The monoisotopic (exact) mass is 458 g/mol. The molecule has 0 unspecified atom stereocenters. The molecule has 178 valence electrons. The number of hydrogen-bond donors (Lipinski definition) is 0. The molecule has 4 aliphatic rings. The Morgan fingerprint density at radius 1 is 1.00 bits per heavy atom. The number of ether oxygens (including phenoxy) is 3. The van der Waals surface area contributed by atoms with Crippen LogP contribution in [-0.4, -0.2) is 36.0 Å². The van der Waals surface area contributed by atoms with E-state index in [0.29, 0.717) is 29.6 Å². The van der Waals surface area contributed by atoms with E-state index in [9.17, 15) is 0 Å². The largest absolute Gasteiger partial charge is 0.369 e. The van der Waals surface area contributed by atoms with E-state index in [0.717, 1.165) is 25.4 Å². The highest BCUT2D eigenvalue weighted by atomic mass is 32.2. The van der Waals surface area contributed by atoms with E-state index in [-0.39, 0.29) is 17.0 Å². The molecule has 1 aromatic carbocycles. The van der Waals surface area contributed by atoms with E-state index in [4.69, 9.17) is 14.2 Å². The van der Waals surface area contributed by atoms with Crippen molar-refractivity contribution in [2.45, 2.75) is 94.5 Å². The van der Waals surface area contributed by atoms with Crippen LogP contribution in [0.2, 0.25) is 0 Å². The Labute approximate surface area is 199 Å². The van der Waals surface area contributed by atoms with Crippen LogP contribution in [0, 0.1) is 29.6 Å². The van der Waals surface area contributed by atoms with Crippen LogP contribution in [-0.2, 0) is 14.2 Å². The third-order valence-corrected chi connectivity index (χ3v) is 10.7. The second-order valence-electron chi connectivity index (χ2n) is 11.6. The molecule has 3 heterocycles. The Hall–Kier alpha value is -0.550. The van der Waals surface area contributed by atoms with Gasteiger partial charge in [0.15, 0.2) is 5.79 Å². The molecule has 32 heavy (non-hydrogen) atoms. The quantitative estimate of drug-likeness (QED) is 0.413. The van der Waals surface area contributed by atoms with Crippen LogP contribution in [0.3, 0.4) is 0 Å². The van der Waals surface area contributed by atoms with Crippen LogP contribution in [0.15, 0.2) is 35.2 Å². The van der Waals surface area contributed by atoms with Crippen molar-refractivity contribution in [1.29, 1.82) is 0 Å². The molecule has 3 nitrogen and oxygen atoms in total. The molecule has 0 N–H and O–H groups in total. The molecule has 0 radical (unpaired) electrons. The minimum Gasteiger partial charge on any atom is -0.369 e. The van der Waals surface area contributed by atoms with E-state index in [1.54, 1.807) is 0 Å². The maximum atomic E-state index is 6.63. The molecule has 2 bridgehead atoms. The van der Waals surface area contributed by atoms with Gasteiger partial charge >= 0.3 is 0 Å². The lowest BCUT2D eigenvalue weighted by Crippen LogP contribution is -2.48. The first-order valence-corrected chi connectivity index (χ1v) is 14.0. The van der Waals surface area contributed by atoms with Crippen molar-refractivity contribution in [3.8, 4) is 0 Å². The van der Waals surface area contributed by atoms with Crippen LogP contribution >= 0.6 is 11.8 Å². The molecule has 3 aliphatic heterocycles. The van der Waals surface area contributed by atoms with Gasteiger partial charge in [0, 0.05) is 23.0 Å². The van der Waals surface area contributed by atoms with Gasteiger partial charge in [-0.25, -0.2) is 0 Å². The molecule has 3 saturated heterocycles.